The molecule has 3 aromatic carbocycles. The van der Waals surface area contributed by atoms with Gasteiger partial charge >= 0.3 is 6.61 Å². The molecule has 0 amide bonds. The molecule has 0 aliphatic heterocycles. The lowest BCUT2D eigenvalue weighted by Gasteiger charge is -2.15. The van der Waals surface area contributed by atoms with E-state index >= 15 is 0 Å². The van der Waals surface area contributed by atoms with Crippen LogP contribution < -0.4 is 18.9 Å². The average molecular weight is 449 g/mol. The van der Waals surface area contributed by atoms with Gasteiger partial charge in [0.2, 0.25) is 0 Å². The van der Waals surface area contributed by atoms with Gasteiger partial charge in [-0.2, -0.15) is 8.78 Å². The summed E-state index contributed by atoms with van der Waals surface area (Å²) in [6, 6.07) is 17.7. The van der Waals surface area contributed by atoms with E-state index in [0.29, 0.717) is 11.3 Å². The van der Waals surface area contributed by atoms with Crippen molar-refractivity contribution in [1.29, 1.82) is 0 Å². The van der Waals surface area contributed by atoms with E-state index in [0.717, 1.165) is 5.56 Å². The number of anilines is 1. The maximum atomic E-state index is 13.0. The fourth-order valence-electron chi connectivity index (χ4n) is 3.01. The highest BCUT2D eigenvalue weighted by Gasteiger charge is 2.22. The summed E-state index contributed by atoms with van der Waals surface area (Å²) in [5.41, 5.74) is 1.46. The second-order valence-corrected chi connectivity index (χ2v) is 8.14. The minimum absolute atomic E-state index is 0.0271. The first-order valence-electron chi connectivity index (χ1n) is 9.19. The van der Waals surface area contributed by atoms with E-state index in [2.05, 4.69) is 9.46 Å². The van der Waals surface area contributed by atoms with E-state index in [1.807, 2.05) is 30.3 Å². The molecule has 0 aliphatic carbocycles. The van der Waals surface area contributed by atoms with E-state index in [1.54, 1.807) is 6.07 Å². The van der Waals surface area contributed by atoms with Crippen LogP contribution in [0.2, 0.25) is 0 Å². The van der Waals surface area contributed by atoms with Gasteiger partial charge in [0.05, 0.1) is 14.2 Å². The van der Waals surface area contributed by atoms with Crippen molar-refractivity contribution >= 4 is 15.7 Å². The van der Waals surface area contributed by atoms with Crippen molar-refractivity contribution in [3.05, 3.63) is 77.9 Å². The second-order valence-electron chi connectivity index (χ2n) is 6.49. The van der Waals surface area contributed by atoms with E-state index in [1.165, 1.54) is 44.6 Å². The molecule has 164 valence electrons. The summed E-state index contributed by atoms with van der Waals surface area (Å²) in [5, 5.41) is 0. The summed E-state index contributed by atoms with van der Waals surface area (Å²) in [5.74, 6) is 0.447. The molecule has 0 unspecified atom stereocenters. The van der Waals surface area contributed by atoms with Gasteiger partial charge in [-0.3, -0.25) is 4.72 Å². The number of benzene rings is 3. The molecule has 9 heteroatoms. The zero-order valence-corrected chi connectivity index (χ0v) is 17.7. The summed E-state index contributed by atoms with van der Waals surface area (Å²) >= 11 is 0. The van der Waals surface area contributed by atoms with Gasteiger partial charge in [0.15, 0.2) is 0 Å². The maximum absolute atomic E-state index is 13.0. The summed E-state index contributed by atoms with van der Waals surface area (Å²) in [6.45, 7) is -3.00. The summed E-state index contributed by atoms with van der Waals surface area (Å²) < 4.78 is 68.9. The fraction of sp³-hybridized carbons (Fsp3) is 0.182. The number of alkyl halides is 2. The zero-order chi connectivity index (χ0) is 22.4. The Morgan fingerprint density at radius 1 is 0.903 bits per heavy atom. The number of halogens is 2. The van der Waals surface area contributed by atoms with Crippen molar-refractivity contribution in [2.24, 2.45) is 0 Å². The maximum Gasteiger partial charge on any atom is 0.387 e. The van der Waals surface area contributed by atoms with Crippen molar-refractivity contribution < 1.29 is 31.4 Å². The average Bonchev–Trinajstić information content (AvgIpc) is 2.75. The Labute approximate surface area is 179 Å². The van der Waals surface area contributed by atoms with Crippen LogP contribution in [0, 0.1) is 0 Å². The van der Waals surface area contributed by atoms with E-state index in [-0.39, 0.29) is 28.5 Å². The van der Waals surface area contributed by atoms with Crippen LogP contribution in [0.1, 0.15) is 11.1 Å². The molecule has 0 spiro atoms. The van der Waals surface area contributed by atoms with Crippen LogP contribution >= 0.6 is 0 Å². The van der Waals surface area contributed by atoms with Gasteiger partial charge in [0, 0.05) is 23.7 Å². The molecular weight excluding hydrogens is 428 g/mol. The van der Waals surface area contributed by atoms with Crippen LogP contribution in [-0.2, 0) is 16.4 Å². The largest absolute Gasteiger partial charge is 0.497 e. The Bertz CT molecular complexity index is 1140. The van der Waals surface area contributed by atoms with Crippen molar-refractivity contribution in [1.82, 2.24) is 0 Å². The third-order valence-corrected chi connectivity index (χ3v) is 5.83. The van der Waals surface area contributed by atoms with Crippen molar-refractivity contribution in [2.75, 3.05) is 18.9 Å². The lowest BCUT2D eigenvalue weighted by atomic mass is 10.0. The molecule has 0 saturated heterocycles. The quantitative estimate of drug-likeness (QED) is 0.513. The second kappa shape index (κ2) is 9.65. The predicted molar refractivity (Wildman–Crippen MR) is 113 cm³/mol. The first-order valence-corrected chi connectivity index (χ1v) is 10.7. The van der Waals surface area contributed by atoms with Crippen LogP contribution in [0.4, 0.5) is 14.5 Å². The third kappa shape index (κ3) is 5.64. The van der Waals surface area contributed by atoms with Crippen LogP contribution in [0.3, 0.4) is 0 Å². The highest BCUT2D eigenvalue weighted by molar-refractivity contribution is 7.92. The van der Waals surface area contributed by atoms with Gasteiger partial charge < -0.3 is 14.2 Å². The number of hydrogen-bond acceptors (Lipinski definition) is 5. The topological polar surface area (TPSA) is 73.9 Å². The summed E-state index contributed by atoms with van der Waals surface area (Å²) in [4.78, 5) is -0.119. The van der Waals surface area contributed by atoms with Crippen LogP contribution in [0.5, 0.6) is 17.2 Å². The number of hydrogen-bond donors (Lipinski definition) is 1. The number of methoxy groups -OCH3 is 2. The monoisotopic (exact) mass is 449 g/mol. The molecule has 6 nitrogen and oxygen atoms in total. The smallest absolute Gasteiger partial charge is 0.387 e. The molecule has 0 bridgehead atoms. The Hall–Kier alpha value is -3.33. The standard InChI is InChI=1S/C22H21F2NO5S/c1-28-18-9-11-20(29-2)21(14-18)31(26,27)25-17-8-10-19(30-22(23)24)16(13-17)12-15-6-4-3-5-7-15/h3-11,13-14,22,25H,12H2,1-2H3. The number of sulfonamides is 1. The molecule has 0 fully saturated rings. The Kier molecular flexibility index (Phi) is 6.96. The van der Waals surface area contributed by atoms with Crippen molar-refractivity contribution in [2.45, 2.75) is 17.9 Å². The van der Waals surface area contributed by atoms with E-state index in [4.69, 9.17) is 9.47 Å². The highest BCUT2D eigenvalue weighted by Crippen LogP contribution is 2.32. The molecule has 0 aliphatic rings. The lowest BCUT2D eigenvalue weighted by Crippen LogP contribution is -2.15. The minimum Gasteiger partial charge on any atom is -0.497 e. The Morgan fingerprint density at radius 2 is 1.61 bits per heavy atom. The molecule has 31 heavy (non-hydrogen) atoms. The number of rotatable bonds is 9. The van der Waals surface area contributed by atoms with Crippen LogP contribution in [-0.4, -0.2) is 29.2 Å². The van der Waals surface area contributed by atoms with Gasteiger partial charge in [-0.25, -0.2) is 8.42 Å². The zero-order valence-electron chi connectivity index (χ0n) is 16.8. The van der Waals surface area contributed by atoms with Gasteiger partial charge in [0.25, 0.3) is 10.0 Å². The van der Waals surface area contributed by atoms with Crippen LogP contribution in [0.25, 0.3) is 0 Å². The normalized spacial score (nSPS) is 11.3. The molecular formula is C22H21F2NO5S. The molecule has 1 N–H and O–H groups in total. The first kappa shape index (κ1) is 22.4. The van der Waals surface area contributed by atoms with E-state index in [9.17, 15) is 17.2 Å². The SMILES string of the molecule is COc1ccc(OC)c(S(=O)(=O)Nc2ccc(OC(F)F)c(Cc3ccccc3)c2)c1. The number of ether oxygens (including phenoxy) is 3. The van der Waals surface area contributed by atoms with Gasteiger partial charge in [0.1, 0.15) is 22.1 Å². The number of nitrogens with one attached hydrogen (secondary N) is 1. The van der Waals surface area contributed by atoms with Crippen LogP contribution in [0.15, 0.2) is 71.6 Å². The molecule has 0 heterocycles. The highest BCUT2D eigenvalue weighted by atomic mass is 32.2. The van der Waals surface area contributed by atoms with Gasteiger partial charge in [-0.1, -0.05) is 30.3 Å². The summed E-state index contributed by atoms with van der Waals surface area (Å²) in [7, 11) is -1.28. The summed E-state index contributed by atoms with van der Waals surface area (Å²) in [6.07, 6.45) is 0.279. The molecule has 0 radical (unpaired) electrons. The first-order chi connectivity index (χ1) is 14.8. The van der Waals surface area contributed by atoms with Gasteiger partial charge in [-0.15, -0.1) is 0 Å². The molecule has 3 aromatic rings. The Balaban J connectivity index is 1.96. The molecule has 0 saturated carbocycles. The fourth-order valence-corrected chi connectivity index (χ4v) is 4.25. The lowest BCUT2D eigenvalue weighted by molar-refractivity contribution is -0.0503. The van der Waals surface area contributed by atoms with Crippen molar-refractivity contribution in [3.63, 3.8) is 0 Å². The van der Waals surface area contributed by atoms with Crippen molar-refractivity contribution in [3.8, 4) is 17.2 Å². The van der Waals surface area contributed by atoms with Gasteiger partial charge in [-0.05, 0) is 35.9 Å². The van der Waals surface area contributed by atoms with E-state index < -0.39 is 16.6 Å². The molecule has 0 aromatic heterocycles. The third-order valence-electron chi connectivity index (χ3n) is 4.43. The molecule has 3 rings (SSSR count). The Morgan fingerprint density at radius 3 is 2.26 bits per heavy atom. The minimum atomic E-state index is -4.06. The predicted octanol–water partition coefficient (Wildman–Crippen LogP) is 4.70. The molecule has 0 atom stereocenters.